The van der Waals surface area contributed by atoms with E-state index in [1.165, 1.54) is 6.07 Å². The van der Waals surface area contributed by atoms with Gasteiger partial charge in [0.1, 0.15) is 0 Å². The number of rotatable bonds is 3. The lowest BCUT2D eigenvalue weighted by Crippen LogP contribution is -2.09. The zero-order chi connectivity index (χ0) is 14.0. The van der Waals surface area contributed by atoms with Crippen molar-refractivity contribution in [2.45, 2.75) is 6.92 Å². The predicted octanol–water partition coefficient (Wildman–Crippen LogP) is 3.19. The van der Waals surface area contributed by atoms with Gasteiger partial charge in [-0.1, -0.05) is 29.8 Å². The topological polar surface area (TPSA) is 60.2 Å². The minimum absolute atomic E-state index is 0.119. The van der Waals surface area contributed by atoms with Gasteiger partial charge in [0, 0.05) is 11.1 Å². The number of hydrogen-bond donors (Lipinski definition) is 1. The minimum atomic E-state index is -0.670. The van der Waals surface area contributed by atoms with E-state index in [0.29, 0.717) is 5.56 Å². The lowest BCUT2D eigenvalue weighted by atomic mass is 9.98. The Morgan fingerprint density at radius 2 is 1.68 bits per heavy atom. The summed E-state index contributed by atoms with van der Waals surface area (Å²) in [5.41, 5.74) is 7.91. The summed E-state index contributed by atoms with van der Waals surface area (Å²) in [6.07, 6.45) is 0. The second kappa shape index (κ2) is 5.24. The van der Waals surface area contributed by atoms with Gasteiger partial charge in [-0.05, 0) is 36.7 Å². The fraction of sp³-hybridized carbons (Fsp3) is 0.0667. The van der Waals surface area contributed by atoms with Crippen LogP contribution in [0.3, 0.4) is 0 Å². The third kappa shape index (κ3) is 2.66. The maximum atomic E-state index is 12.4. The zero-order valence-electron chi connectivity index (χ0n) is 10.3. The number of carbonyl (C=O) groups is 2. The van der Waals surface area contributed by atoms with Gasteiger partial charge in [-0.25, -0.2) is 0 Å². The van der Waals surface area contributed by atoms with Gasteiger partial charge in [0.15, 0.2) is 5.78 Å². The van der Waals surface area contributed by atoms with E-state index >= 15 is 0 Å². The Morgan fingerprint density at radius 3 is 2.32 bits per heavy atom. The Balaban J connectivity index is 2.51. The number of ketones is 1. The Labute approximate surface area is 116 Å². The van der Waals surface area contributed by atoms with Crippen molar-refractivity contribution in [3.8, 4) is 0 Å². The van der Waals surface area contributed by atoms with Gasteiger partial charge in [0.2, 0.25) is 0 Å². The van der Waals surface area contributed by atoms with Crippen LogP contribution in [0.1, 0.15) is 31.8 Å². The van der Waals surface area contributed by atoms with E-state index < -0.39 is 5.24 Å². The molecule has 0 aliphatic carbocycles. The molecule has 19 heavy (non-hydrogen) atoms. The second-order valence-corrected chi connectivity index (χ2v) is 4.58. The van der Waals surface area contributed by atoms with E-state index in [1.807, 2.05) is 13.0 Å². The van der Waals surface area contributed by atoms with Crippen LogP contribution in [-0.2, 0) is 0 Å². The molecule has 0 aromatic heterocycles. The number of aryl methyl sites for hydroxylation is 1. The van der Waals surface area contributed by atoms with E-state index in [4.69, 9.17) is 17.3 Å². The first-order valence-corrected chi connectivity index (χ1v) is 6.08. The number of halogens is 1. The summed E-state index contributed by atoms with van der Waals surface area (Å²) < 4.78 is 0. The molecule has 2 aromatic rings. The lowest BCUT2D eigenvalue weighted by Gasteiger charge is -2.08. The van der Waals surface area contributed by atoms with Crippen molar-refractivity contribution in [3.05, 3.63) is 64.7 Å². The number of carbonyl (C=O) groups excluding carboxylic acids is 2. The number of anilines is 1. The Bertz CT molecular complexity index is 665. The Kier molecular flexibility index (Phi) is 3.67. The van der Waals surface area contributed by atoms with Crippen LogP contribution in [0.25, 0.3) is 0 Å². The third-order valence-electron chi connectivity index (χ3n) is 2.84. The molecule has 0 saturated heterocycles. The van der Waals surface area contributed by atoms with Crippen molar-refractivity contribution in [3.63, 3.8) is 0 Å². The molecular weight excluding hydrogens is 262 g/mol. The van der Waals surface area contributed by atoms with Crippen LogP contribution in [0.2, 0.25) is 0 Å². The van der Waals surface area contributed by atoms with Crippen LogP contribution in [0.4, 0.5) is 5.69 Å². The standard InChI is InChI=1S/C15H12ClNO2/c1-9-4-2-5-10(8-9)14(18)11-6-3-7-12(13(11)17)15(16)19/h2-8H,17H2,1H3. The number of para-hydroxylation sites is 1. The normalized spacial score (nSPS) is 10.2. The molecule has 0 atom stereocenters. The molecule has 3 nitrogen and oxygen atoms in total. The highest BCUT2D eigenvalue weighted by molar-refractivity contribution is 6.68. The molecule has 0 amide bonds. The van der Waals surface area contributed by atoms with Gasteiger partial charge in [-0.2, -0.15) is 0 Å². The fourth-order valence-corrected chi connectivity index (χ4v) is 2.04. The molecule has 0 heterocycles. The van der Waals surface area contributed by atoms with Crippen LogP contribution in [0.15, 0.2) is 42.5 Å². The molecular formula is C15H12ClNO2. The van der Waals surface area contributed by atoms with Crippen LogP contribution < -0.4 is 5.73 Å². The fourth-order valence-electron chi connectivity index (χ4n) is 1.88. The van der Waals surface area contributed by atoms with Crippen molar-refractivity contribution in [2.75, 3.05) is 5.73 Å². The molecule has 4 heteroatoms. The molecule has 0 aliphatic heterocycles. The van der Waals surface area contributed by atoms with Crippen molar-refractivity contribution >= 4 is 28.3 Å². The van der Waals surface area contributed by atoms with Gasteiger partial charge in [-0.15, -0.1) is 0 Å². The van der Waals surface area contributed by atoms with Gasteiger partial charge < -0.3 is 5.73 Å². The Morgan fingerprint density at radius 1 is 1.05 bits per heavy atom. The first kappa shape index (κ1) is 13.3. The number of hydrogen-bond acceptors (Lipinski definition) is 3. The highest BCUT2D eigenvalue weighted by atomic mass is 35.5. The van der Waals surface area contributed by atoms with Gasteiger partial charge >= 0.3 is 0 Å². The van der Waals surface area contributed by atoms with E-state index in [1.54, 1.807) is 30.3 Å². The van der Waals surface area contributed by atoms with Crippen LogP contribution in [0, 0.1) is 6.92 Å². The number of nitrogen functional groups attached to an aromatic ring is 1. The average Bonchev–Trinajstić information content (AvgIpc) is 2.38. The van der Waals surface area contributed by atoms with Crippen molar-refractivity contribution < 1.29 is 9.59 Å². The quantitative estimate of drug-likeness (QED) is 0.531. The molecule has 0 spiro atoms. The van der Waals surface area contributed by atoms with E-state index in [9.17, 15) is 9.59 Å². The van der Waals surface area contributed by atoms with Crippen molar-refractivity contribution in [1.82, 2.24) is 0 Å². The molecule has 0 radical (unpaired) electrons. The number of benzene rings is 2. The monoisotopic (exact) mass is 273 g/mol. The molecule has 0 fully saturated rings. The SMILES string of the molecule is Cc1cccc(C(=O)c2cccc(C(=O)Cl)c2N)c1. The van der Waals surface area contributed by atoms with E-state index in [0.717, 1.165) is 5.56 Å². The molecule has 2 aromatic carbocycles. The molecule has 0 bridgehead atoms. The molecule has 2 rings (SSSR count). The summed E-state index contributed by atoms with van der Waals surface area (Å²) in [4.78, 5) is 23.6. The largest absolute Gasteiger partial charge is 0.398 e. The highest BCUT2D eigenvalue weighted by Gasteiger charge is 2.16. The summed E-state index contributed by atoms with van der Waals surface area (Å²) in [6.45, 7) is 1.90. The third-order valence-corrected chi connectivity index (χ3v) is 3.05. The molecule has 0 aliphatic rings. The van der Waals surface area contributed by atoms with Crippen molar-refractivity contribution in [1.29, 1.82) is 0 Å². The summed E-state index contributed by atoms with van der Waals surface area (Å²) in [5.74, 6) is -0.221. The maximum absolute atomic E-state index is 12.4. The smallest absolute Gasteiger partial charge is 0.254 e. The Hall–Kier alpha value is -2.13. The lowest BCUT2D eigenvalue weighted by molar-refractivity contribution is 0.103. The van der Waals surface area contributed by atoms with E-state index in [2.05, 4.69) is 0 Å². The first-order valence-electron chi connectivity index (χ1n) is 5.70. The first-order chi connectivity index (χ1) is 9.00. The van der Waals surface area contributed by atoms with Gasteiger partial charge in [0.25, 0.3) is 5.24 Å². The summed E-state index contributed by atoms with van der Waals surface area (Å²) in [6, 6.07) is 11.9. The predicted molar refractivity (Wildman–Crippen MR) is 75.6 cm³/mol. The average molecular weight is 274 g/mol. The summed E-state index contributed by atoms with van der Waals surface area (Å²) >= 11 is 5.43. The maximum Gasteiger partial charge on any atom is 0.254 e. The summed E-state index contributed by atoms with van der Waals surface area (Å²) in [7, 11) is 0. The van der Waals surface area contributed by atoms with Crippen LogP contribution >= 0.6 is 11.6 Å². The molecule has 96 valence electrons. The number of nitrogens with two attached hydrogens (primary N) is 1. The van der Waals surface area contributed by atoms with Crippen molar-refractivity contribution in [2.24, 2.45) is 0 Å². The van der Waals surface area contributed by atoms with Crippen LogP contribution in [-0.4, -0.2) is 11.0 Å². The minimum Gasteiger partial charge on any atom is -0.398 e. The zero-order valence-corrected chi connectivity index (χ0v) is 11.1. The highest BCUT2D eigenvalue weighted by Crippen LogP contribution is 2.22. The van der Waals surface area contributed by atoms with E-state index in [-0.39, 0.29) is 22.6 Å². The van der Waals surface area contributed by atoms with Crippen LogP contribution in [0.5, 0.6) is 0 Å². The molecule has 0 unspecified atom stereocenters. The summed E-state index contributed by atoms with van der Waals surface area (Å²) in [5, 5.41) is -0.670. The second-order valence-electron chi connectivity index (χ2n) is 4.24. The van der Waals surface area contributed by atoms with Gasteiger partial charge in [-0.3, -0.25) is 9.59 Å². The molecule has 0 saturated carbocycles. The molecule has 2 N–H and O–H groups in total. The van der Waals surface area contributed by atoms with Gasteiger partial charge in [0.05, 0.1) is 11.3 Å².